The molecule has 39 heavy (non-hydrogen) atoms. The molecule has 0 unspecified atom stereocenters. The molecule has 1 aliphatic heterocycles. The van der Waals surface area contributed by atoms with E-state index < -0.39 is 12.0 Å². The van der Waals surface area contributed by atoms with Crippen LogP contribution >= 0.6 is 11.3 Å². The highest BCUT2D eigenvalue weighted by Gasteiger charge is 2.35. The van der Waals surface area contributed by atoms with Crippen LogP contribution in [0.4, 0.5) is 0 Å². The Bertz CT molecular complexity index is 1780. The van der Waals surface area contributed by atoms with Gasteiger partial charge in [-0.2, -0.15) is 0 Å². The molecule has 0 saturated heterocycles. The maximum atomic E-state index is 14.1. The fourth-order valence-electron chi connectivity index (χ4n) is 4.89. The molecule has 0 radical (unpaired) electrons. The Labute approximate surface area is 230 Å². The first-order valence-corrected chi connectivity index (χ1v) is 13.7. The van der Waals surface area contributed by atoms with Crippen LogP contribution in [0, 0.1) is 0 Å². The Morgan fingerprint density at radius 3 is 2.56 bits per heavy atom. The van der Waals surface area contributed by atoms with Crippen molar-refractivity contribution in [2.45, 2.75) is 39.8 Å². The predicted octanol–water partition coefficient (Wildman–Crippen LogP) is 4.75. The average Bonchev–Trinajstić information content (AvgIpc) is 3.22. The Morgan fingerprint density at radius 1 is 1.08 bits per heavy atom. The van der Waals surface area contributed by atoms with Gasteiger partial charge in [0, 0.05) is 11.1 Å². The molecule has 1 aromatic heterocycles. The van der Waals surface area contributed by atoms with Crippen LogP contribution in [-0.2, 0) is 9.53 Å². The lowest BCUT2D eigenvalue weighted by atomic mass is 9.95. The fraction of sp³-hybridized carbons (Fsp3) is 0.258. The number of thiazole rings is 1. The molecule has 0 bridgehead atoms. The zero-order valence-electron chi connectivity index (χ0n) is 22.6. The van der Waals surface area contributed by atoms with E-state index in [2.05, 4.69) is 0 Å². The van der Waals surface area contributed by atoms with Crippen molar-refractivity contribution in [1.82, 2.24) is 4.57 Å². The summed E-state index contributed by atoms with van der Waals surface area (Å²) in [6, 6.07) is 18.6. The van der Waals surface area contributed by atoms with E-state index in [4.69, 9.17) is 19.2 Å². The number of carbonyl (C=O) groups is 1. The third kappa shape index (κ3) is 4.88. The largest absolute Gasteiger partial charge is 0.496 e. The van der Waals surface area contributed by atoms with E-state index >= 15 is 0 Å². The van der Waals surface area contributed by atoms with E-state index in [1.807, 2.05) is 80.6 Å². The second kappa shape index (κ2) is 10.9. The van der Waals surface area contributed by atoms with E-state index in [1.54, 1.807) is 25.5 Å². The molecule has 3 aromatic carbocycles. The van der Waals surface area contributed by atoms with Crippen molar-refractivity contribution in [1.29, 1.82) is 0 Å². The molecule has 0 spiro atoms. The zero-order chi connectivity index (χ0) is 27.7. The number of hydrogen-bond donors (Lipinski definition) is 0. The number of hydrogen-bond acceptors (Lipinski definition) is 7. The molecule has 4 aromatic rings. The normalized spacial score (nSPS) is 15.3. The molecule has 0 fully saturated rings. The molecular formula is C31H30N2O5S. The summed E-state index contributed by atoms with van der Waals surface area (Å²) in [5.41, 5.74) is 2.07. The summed E-state index contributed by atoms with van der Waals surface area (Å²) in [7, 11) is 1.61. The number of nitrogens with zero attached hydrogens (tertiary/aromatic N) is 2. The van der Waals surface area contributed by atoms with Crippen LogP contribution in [0.2, 0.25) is 0 Å². The molecule has 0 saturated carbocycles. The van der Waals surface area contributed by atoms with Gasteiger partial charge in [-0.25, -0.2) is 9.79 Å². The first kappa shape index (κ1) is 26.4. The first-order chi connectivity index (χ1) is 18.8. The van der Waals surface area contributed by atoms with E-state index in [1.165, 1.54) is 11.3 Å². The lowest BCUT2D eigenvalue weighted by Gasteiger charge is -2.26. The molecule has 0 N–H and O–H groups in total. The number of rotatable bonds is 7. The number of allylic oxidation sites excluding steroid dienone is 1. The number of ether oxygens (including phenoxy) is 3. The molecule has 1 atom stereocenters. The van der Waals surface area contributed by atoms with Gasteiger partial charge in [0.05, 0.1) is 35.6 Å². The van der Waals surface area contributed by atoms with Gasteiger partial charge in [0.25, 0.3) is 5.56 Å². The first-order valence-electron chi connectivity index (χ1n) is 12.8. The van der Waals surface area contributed by atoms with Crippen molar-refractivity contribution in [2.24, 2.45) is 4.99 Å². The van der Waals surface area contributed by atoms with Gasteiger partial charge in [-0.05, 0) is 56.7 Å². The molecule has 2 heterocycles. The molecule has 8 heteroatoms. The van der Waals surface area contributed by atoms with E-state index in [-0.39, 0.29) is 18.3 Å². The summed E-state index contributed by atoms with van der Waals surface area (Å²) in [5.74, 6) is 0.752. The lowest BCUT2D eigenvalue weighted by molar-refractivity contribution is -0.139. The van der Waals surface area contributed by atoms with Crippen LogP contribution in [0.15, 0.2) is 81.7 Å². The molecule has 5 rings (SSSR count). The smallest absolute Gasteiger partial charge is 0.338 e. The summed E-state index contributed by atoms with van der Waals surface area (Å²) >= 11 is 1.28. The van der Waals surface area contributed by atoms with Crippen molar-refractivity contribution in [3.05, 3.63) is 103 Å². The number of para-hydroxylation sites is 1. The quantitative estimate of drug-likeness (QED) is 0.315. The highest BCUT2D eigenvalue weighted by Crippen LogP contribution is 2.36. The second-order valence-electron chi connectivity index (χ2n) is 9.41. The van der Waals surface area contributed by atoms with Gasteiger partial charge in [0.1, 0.15) is 17.5 Å². The number of carbonyl (C=O) groups excluding carboxylic acids is 1. The second-order valence-corrected chi connectivity index (χ2v) is 10.4. The van der Waals surface area contributed by atoms with Crippen LogP contribution in [0.1, 0.15) is 44.9 Å². The number of benzene rings is 3. The Balaban J connectivity index is 1.80. The van der Waals surface area contributed by atoms with E-state index in [0.29, 0.717) is 37.7 Å². The van der Waals surface area contributed by atoms with Gasteiger partial charge in [-0.15, -0.1) is 0 Å². The van der Waals surface area contributed by atoms with Gasteiger partial charge in [0.15, 0.2) is 4.80 Å². The maximum absolute atomic E-state index is 14.1. The SMILES string of the molecule is CCOC(=O)C1=C(C)N=c2s/c(=C\c3c(OC)ccc4ccccc34)c(=O)n2[C@H]1c1ccccc1OC(C)C. The predicted molar refractivity (Wildman–Crippen MR) is 153 cm³/mol. The molecule has 7 nitrogen and oxygen atoms in total. The van der Waals surface area contributed by atoms with Crippen LogP contribution in [0.25, 0.3) is 16.8 Å². The zero-order valence-corrected chi connectivity index (χ0v) is 23.4. The van der Waals surface area contributed by atoms with E-state index in [9.17, 15) is 9.59 Å². The topological polar surface area (TPSA) is 79.1 Å². The Hall–Kier alpha value is -4.17. The molecule has 0 amide bonds. The van der Waals surface area contributed by atoms with Crippen molar-refractivity contribution in [3.63, 3.8) is 0 Å². The Kier molecular flexibility index (Phi) is 7.39. The monoisotopic (exact) mass is 542 g/mol. The van der Waals surface area contributed by atoms with E-state index in [0.717, 1.165) is 16.3 Å². The lowest BCUT2D eigenvalue weighted by Crippen LogP contribution is -2.40. The van der Waals surface area contributed by atoms with Crippen LogP contribution in [-0.4, -0.2) is 30.4 Å². The van der Waals surface area contributed by atoms with Crippen molar-refractivity contribution < 1.29 is 19.0 Å². The summed E-state index contributed by atoms with van der Waals surface area (Å²) < 4.78 is 19.3. The van der Waals surface area contributed by atoms with Gasteiger partial charge in [-0.3, -0.25) is 9.36 Å². The van der Waals surface area contributed by atoms with Crippen molar-refractivity contribution in [3.8, 4) is 11.5 Å². The minimum atomic E-state index is -0.758. The molecule has 0 aliphatic carbocycles. The fourth-order valence-corrected chi connectivity index (χ4v) is 5.92. The van der Waals surface area contributed by atoms with Gasteiger partial charge in [0.2, 0.25) is 0 Å². The van der Waals surface area contributed by atoms with Crippen molar-refractivity contribution >= 4 is 34.2 Å². The van der Waals surface area contributed by atoms with Crippen LogP contribution in [0.5, 0.6) is 11.5 Å². The molecule has 200 valence electrons. The standard InChI is InChI=1S/C31H30N2O5S/c1-6-37-30(35)27-19(4)32-31-33(28(27)22-13-9-10-14-25(22)38-18(2)3)29(34)26(39-31)17-23-21-12-8-7-11-20(21)15-16-24(23)36-5/h7-18,28H,6H2,1-5H3/b26-17-/t28-/m0/s1. The van der Waals surface area contributed by atoms with Gasteiger partial charge < -0.3 is 14.2 Å². The van der Waals surface area contributed by atoms with Crippen LogP contribution in [0.3, 0.4) is 0 Å². The summed E-state index contributed by atoms with van der Waals surface area (Å²) in [6.07, 6.45) is 1.75. The minimum absolute atomic E-state index is 0.100. The molecular weight excluding hydrogens is 512 g/mol. The number of esters is 1. The Morgan fingerprint density at radius 2 is 1.82 bits per heavy atom. The number of fused-ring (bicyclic) bond motifs is 2. The minimum Gasteiger partial charge on any atom is -0.496 e. The van der Waals surface area contributed by atoms with Crippen LogP contribution < -0.4 is 24.4 Å². The highest BCUT2D eigenvalue weighted by atomic mass is 32.1. The summed E-state index contributed by atoms with van der Waals surface area (Å²) in [5, 5.41) is 2.01. The maximum Gasteiger partial charge on any atom is 0.338 e. The summed E-state index contributed by atoms with van der Waals surface area (Å²) in [6.45, 7) is 7.61. The average molecular weight is 543 g/mol. The number of aromatic nitrogens is 1. The highest BCUT2D eigenvalue weighted by molar-refractivity contribution is 7.07. The van der Waals surface area contributed by atoms with Gasteiger partial charge >= 0.3 is 5.97 Å². The van der Waals surface area contributed by atoms with Crippen molar-refractivity contribution in [2.75, 3.05) is 13.7 Å². The third-order valence-corrected chi connectivity index (χ3v) is 7.50. The number of methoxy groups -OCH3 is 1. The third-order valence-electron chi connectivity index (χ3n) is 6.52. The van der Waals surface area contributed by atoms with Gasteiger partial charge in [-0.1, -0.05) is 59.9 Å². The summed E-state index contributed by atoms with van der Waals surface area (Å²) in [4.78, 5) is 32.6. The molecule has 1 aliphatic rings.